The van der Waals surface area contributed by atoms with Crippen LogP contribution in [0, 0.1) is 19.7 Å². The van der Waals surface area contributed by atoms with E-state index in [1.807, 2.05) is 51.5 Å². The number of aliphatic carboxylic acids is 1. The molecule has 46 heavy (non-hydrogen) atoms. The number of carbonyl (C=O) groups excluding carboxylic acids is 1. The summed E-state index contributed by atoms with van der Waals surface area (Å²) in [5.41, 5.74) is 6.08. The minimum atomic E-state index is -1.34. The molecule has 1 atom stereocenters. The van der Waals surface area contributed by atoms with Crippen LogP contribution in [0.5, 0.6) is 5.75 Å². The van der Waals surface area contributed by atoms with Gasteiger partial charge in [-0.15, -0.1) is 0 Å². The third-order valence-corrected chi connectivity index (χ3v) is 8.80. The molecule has 0 saturated carbocycles. The molecule has 0 bridgehead atoms. The first-order chi connectivity index (χ1) is 21.9. The average Bonchev–Trinajstić information content (AvgIpc) is 3.36. The van der Waals surface area contributed by atoms with Gasteiger partial charge in [0.2, 0.25) is 0 Å². The van der Waals surface area contributed by atoms with Crippen LogP contribution in [0.3, 0.4) is 0 Å². The average molecular weight is 627 g/mol. The molecule has 1 amide bonds. The Morgan fingerprint density at radius 1 is 1.17 bits per heavy atom. The number of nitrogens with zero attached hydrogens (tertiary/aromatic N) is 4. The zero-order chi connectivity index (χ0) is 32.9. The zero-order valence-corrected chi connectivity index (χ0v) is 27.1. The lowest BCUT2D eigenvalue weighted by Gasteiger charge is -2.29. The molecule has 1 N–H and O–H groups in total. The molecule has 5 heterocycles. The lowest BCUT2D eigenvalue weighted by Crippen LogP contribution is -2.34. The van der Waals surface area contributed by atoms with Crippen molar-refractivity contribution in [1.82, 2.24) is 19.4 Å². The highest BCUT2D eigenvalue weighted by molar-refractivity contribution is 6.01. The molecule has 3 aromatic heterocycles. The van der Waals surface area contributed by atoms with Crippen molar-refractivity contribution in [2.24, 2.45) is 7.05 Å². The Morgan fingerprint density at radius 2 is 1.96 bits per heavy atom. The summed E-state index contributed by atoms with van der Waals surface area (Å²) in [5, 5.41) is 11.2. The van der Waals surface area contributed by atoms with Gasteiger partial charge in [-0.2, -0.15) is 0 Å². The predicted molar refractivity (Wildman–Crippen MR) is 173 cm³/mol. The molecule has 6 rings (SSSR count). The number of pyridine rings is 2. The molecule has 9 nitrogen and oxygen atoms in total. The number of aryl methyl sites for hydroxylation is 2. The number of rotatable bonds is 6. The van der Waals surface area contributed by atoms with Crippen LogP contribution in [0.4, 0.5) is 4.39 Å². The number of benzene rings is 1. The molecular weight excluding hydrogens is 587 g/mol. The summed E-state index contributed by atoms with van der Waals surface area (Å²) in [5.74, 6) is -1.43. The van der Waals surface area contributed by atoms with E-state index in [1.165, 1.54) is 6.07 Å². The van der Waals surface area contributed by atoms with Crippen LogP contribution in [-0.2, 0) is 23.0 Å². The number of halogens is 1. The highest BCUT2D eigenvalue weighted by Crippen LogP contribution is 2.45. The van der Waals surface area contributed by atoms with Gasteiger partial charge in [0.15, 0.2) is 17.7 Å². The van der Waals surface area contributed by atoms with E-state index in [0.29, 0.717) is 71.5 Å². The van der Waals surface area contributed by atoms with E-state index >= 15 is 4.39 Å². The maximum absolute atomic E-state index is 15.7. The first-order valence-corrected chi connectivity index (χ1v) is 15.6. The van der Waals surface area contributed by atoms with Crippen LogP contribution in [-0.4, -0.2) is 61.7 Å². The molecule has 0 radical (unpaired) electrons. The van der Waals surface area contributed by atoms with Crippen molar-refractivity contribution in [1.29, 1.82) is 0 Å². The zero-order valence-electron chi connectivity index (χ0n) is 27.1. The topological polar surface area (TPSA) is 107 Å². The van der Waals surface area contributed by atoms with E-state index in [4.69, 9.17) is 14.5 Å². The number of fused-ring (bicyclic) bond motifs is 2. The molecule has 0 aliphatic carbocycles. The Hall–Kier alpha value is -4.57. The number of hydrogen-bond donors (Lipinski definition) is 1. The Labute approximate surface area is 267 Å². The summed E-state index contributed by atoms with van der Waals surface area (Å²) in [6.45, 7) is 10.6. The third-order valence-electron chi connectivity index (χ3n) is 8.80. The summed E-state index contributed by atoms with van der Waals surface area (Å²) < 4.78 is 29.6. The maximum Gasteiger partial charge on any atom is 0.337 e. The maximum atomic E-state index is 15.7. The van der Waals surface area contributed by atoms with Gasteiger partial charge < -0.3 is 24.0 Å². The Kier molecular flexibility index (Phi) is 8.18. The highest BCUT2D eigenvalue weighted by Gasteiger charge is 2.35. The Balaban J connectivity index is 1.54. The fourth-order valence-corrected chi connectivity index (χ4v) is 6.64. The highest BCUT2D eigenvalue weighted by atomic mass is 19.1. The summed E-state index contributed by atoms with van der Waals surface area (Å²) in [4.78, 5) is 36.7. The Bertz CT molecular complexity index is 1890. The summed E-state index contributed by atoms with van der Waals surface area (Å²) in [6.07, 6.45) is 5.97. The van der Waals surface area contributed by atoms with Gasteiger partial charge in [0.05, 0.1) is 17.8 Å². The van der Waals surface area contributed by atoms with Crippen molar-refractivity contribution in [3.8, 4) is 16.9 Å². The molecule has 240 valence electrons. The third kappa shape index (κ3) is 5.66. The molecule has 1 unspecified atom stereocenters. The number of aromatic nitrogens is 3. The van der Waals surface area contributed by atoms with Gasteiger partial charge in [0, 0.05) is 66.0 Å². The largest absolute Gasteiger partial charge is 0.490 e. The molecule has 10 heteroatoms. The van der Waals surface area contributed by atoms with Gasteiger partial charge in [0.25, 0.3) is 5.91 Å². The van der Waals surface area contributed by atoms with Crippen LogP contribution in [0.2, 0.25) is 0 Å². The molecule has 2 aliphatic rings. The number of ether oxygens (including phenoxy) is 2. The van der Waals surface area contributed by atoms with Crippen molar-refractivity contribution in [3.63, 3.8) is 0 Å². The van der Waals surface area contributed by atoms with E-state index < -0.39 is 23.5 Å². The molecule has 4 aromatic rings. The molecule has 0 spiro atoms. The van der Waals surface area contributed by atoms with E-state index in [9.17, 15) is 14.7 Å². The van der Waals surface area contributed by atoms with Crippen LogP contribution >= 0.6 is 0 Å². The quantitative estimate of drug-likeness (QED) is 0.258. The SMILES string of the molecule is Cc1nc2c(cc(C3=CCN(C(=O)c4cccnc4)CC3)n2C)c(-c2cc(F)c3c(c2C)CCCO3)c1C(OC(C)(C)C)C(=O)O. The second-order valence-electron chi connectivity index (χ2n) is 13.0. The van der Waals surface area contributed by atoms with E-state index in [-0.39, 0.29) is 11.7 Å². The van der Waals surface area contributed by atoms with Gasteiger partial charge in [-0.05, 0) is 94.8 Å². The van der Waals surface area contributed by atoms with Gasteiger partial charge in [-0.1, -0.05) is 6.08 Å². The van der Waals surface area contributed by atoms with Gasteiger partial charge in [-0.3, -0.25) is 9.78 Å². The summed E-state index contributed by atoms with van der Waals surface area (Å²) in [6, 6.07) is 6.98. The normalized spacial score (nSPS) is 15.7. The van der Waals surface area contributed by atoms with Gasteiger partial charge in [-0.25, -0.2) is 14.2 Å². The van der Waals surface area contributed by atoms with Crippen molar-refractivity contribution < 1.29 is 28.6 Å². The van der Waals surface area contributed by atoms with Gasteiger partial charge >= 0.3 is 5.97 Å². The lowest BCUT2D eigenvalue weighted by atomic mass is 9.86. The molecular formula is C36H39FN4O5. The minimum absolute atomic E-state index is 0.0721. The molecule has 0 saturated heterocycles. The number of carboxylic acid groups (broad SMARTS) is 1. The molecule has 0 fully saturated rings. The van der Waals surface area contributed by atoms with Gasteiger partial charge in [0.1, 0.15) is 5.65 Å². The lowest BCUT2D eigenvalue weighted by molar-refractivity contribution is -0.160. The van der Waals surface area contributed by atoms with Crippen molar-refractivity contribution in [2.75, 3.05) is 19.7 Å². The smallest absolute Gasteiger partial charge is 0.337 e. The van der Waals surface area contributed by atoms with E-state index in [1.54, 1.807) is 36.4 Å². The fraction of sp³-hybridized carbons (Fsp3) is 0.389. The molecule has 1 aromatic carbocycles. The fourth-order valence-electron chi connectivity index (χ4n) is 6.64. The summed E-state index contributed by atoms with van der Waals surface area (Å²) >= 11 is 0. The number of carboxylic acids is 1. The van der Waals surface area contributed by atoms with Crippen LogP contribution < -0.4 is 4.74 Å². The van der Waals surface area contributed by atoms with Crippen LogP contribution in [0.1, 0.15) is 78.2 Å². The second kappa shape index (κ2) is 12.0. The summed E-state index contributed by atoms with van der Waals surface area (Å²) in [7, 11) is 1.93. The van der Waals surface area contributed by atoms with E-state index in [2.05, 4.69) is 4.98 Å². The van der Waals surface area contributed by atoms with Crippen molar-refractivity contribution in [2.45, 2.75) is 65.6 Å². The number of amides is 1. The second-order valence-corrected chi connectivity index (χ2v) is 13.0. The van der Waals surface area contributed by atoms with Crippen LogP contribution in [0.25, 0.3) is 27.7 Å². The first kappa shape index (κ1) is 31.4. The van der Waals surface area contributed by atoms with Crippen LogP contribution in [0.15, 0.2) is 42.7 Å². The first-order valence-electron chi connectivity index (χ1n) is 15.6. The van der Waals surface area contributed by atoms with Crippen molar-refractivity contribution in [3.05, 3.63) is 82.2 Å². The number of carbonyl (C=O) groups is 2. The Morgan fingerprint density at radius 3 is 2.61 bits per heavy atom. The molecule has 2 aliphatic heterocycles. The monoisotopic (exact) mass is 626 g/mol. The van der Waals surface area contributed by atoms with Crippen molar-refractivity contribution >= 4 is 28.5 Å². The standard InChI is InChI=1S/C36H39FN4O5/c1-20-24-10-8-16-45-31(24)27(37)17-25(20)30-26-18-28(22-11-14-41(15-12-22)34(42)23-9-7-13-38-19-23)40(6)33(26)39-21(2)29(30)32(35(43)44)46-36(3,4)5/h7,9,11,13,17-19,32H,8,10,12,14-16H2,1-6H3,(H,43,44). The predicted octanol–water partition coefficient (Wildman–Crippen LogP) is 6.59. The number of hydrogen-bond acceptors (Lipinski definition) is 6. The van der Waals surface area contributed by atoms with E-state index in [0.717, 1.165) is 28.8 Å². The minimum Gasteiger partial charge on any atom is -0.490 e.